The van der Waals surface area contributed by atoms with E-state index in [2.05, 4.69) is 10.2 Å². The Kier molecular flexibility index (Phi) is 5.18. The Hall–Kier alpha value is -3.03. The van der Waals surface area contributed by atoms with Crippen LogP contribution >= 0.6 is 0 Å². The first-order valence-corrected chi connectivity index (χ1v) is 9.42. The van der Waals surface area contributed by atoms with E-state index in [-0.39, 0.29) is 18.8 Å². The van der Waals surface area contributed by atoms with Gasteiger partial charge in [0, 0.05) is 26.7 Å². The molecule has 1 aromatic carbocycles. The zero-order valence-electron chi connectivity index (χ0n) is 16.1. The molecule has 1 aromatic heterocycles. The second-order valence-corrected chi connectivity index (χ2v) is 7.21. The van der Waals surface area contributed by atoms with Gasteiger partial charge >= 0.3 is 0 Å². The number of nitrogens with zero attached hydrogens (tertiary/aromatic N) is 4. The van der Waals surface area contributed by atoms with Gasteiger partial charge in [0.05, 0.1) is 13.0 Å². The van der Waals surface area contributed by atoms with E-state index in [4.69, 9.17) is 14.2 Å². The largest absolute Gasteiger partial charge is 0.471 e. The molecule has 1 amide bonds. The van der Waals surface area contributed by atoms with Crippen LogP contribution in [0.15, 0.2) is 30.3 Å². The van der Waals surface area contributed by atoms with Gasteiger partial charge in [0.1, 0.15) is 6.10 Å². The number of carbonyl (C=O) groups is 1. The van der Waals surface area contributed by atoms with Gasteiger partial charge in [-0.1, -0.05) is 6.07 Å². The third-order valence-electron chi connectivity index (χ3n) is 4.89. The molecule has 2 aromatic rings. The van der Waals surface area contributed by atoms with Gasteiger partial charge in [0.25, 0.3) is 0 Å². The molecule has 148 valence electrons. The van der Waals surface area contributed by atoms with Gasteiger partial charge < -0.3 is 24.0 Å². The lowest BCUT2D eigenvalue weighted by Crippen LogP contribution is -2.45. The summed E-state index contributed by atoms with van der Waals surface area (Å²) in [6.45, 7) is 1.53. The summed E-state index contributed by atoms with van der Waals surface area (Å²) in [6, 6.07) is 9.32. The van der Waals surface area contributed by atoms with Crippen molar-refractivity contribution in [3.05, 3.63) is 35.9 Å². The predicted molar refractivity (Wildman–Crippen MR) is 103 cm³/mol. The Bertz CT molecular complexity index is 841. The Morgan fingerprint density at radius 1 is 1.21 bits per heavy atom. The highest BCUT2D eigenvalue weighted by molar-refractivity contribution is 5.79. The SMILES string of the molecule is CN(C)c1ccc(OC2CCCN(C(=O)Cc3ccc4c(c3)OCO4)C2)nn1. The van der Waals surface area contributed by atoms with Gasteiger partial charge in [-0.3, -0.25) is 4.79 Å². The zero-order valence-corrected chi connectivity index (χ0v) is 16.1. The Morgan fingerprint density at radius 3 is 2.86 bits per heavy atom. The van der Waals surface area contributed by atoms with E-state index in [1.54, 1.807) is 0 Å². The molecule has 1 saturated heterocycles. The number of anilines is 1. The molecule has 1 fully saturated rings. The first kappa shape index (κ1) is 18.3. The highest BCUT2D eigenvalue weighted by Gasteiger charge is 2.26. The van der Waals surface area contributed by atoms with Crippen molar-refractivity contribution in [2.45, 2.75) is 25.4 Å². The number of fused-ring (bicyclic) bond motifs is 1. The fraction of sp³-hybridized carbons (Fsp3) is 0.450. The van der Waals surface area contributed by atoms with Crippen LogP contribution in [0.4, 0.5) is 5.82 Å². The molecule has 8 nitrogen and oxygen atoms in total. The minimum absolute atomic E-state index is 0.0750. The molecule has 0 spiro atoms. The first-order valence-electron chi connectivity index (χ1n) is 9.42. The molecule has 4 rings (SSSR count). The minimum atomic E-state index is -0.0750. The average Bonchev–Trinajstić information content (AvgIpc) is 3.16. The summed E-state index contributed by atoms with van der Waals surface area (Å²) < 4.78 is 16.7. The second kappa shape index (κ2) is 7.92. The number of aromatic nitrogens is 2. The molecule has 0 N–H and O–H groups in total. The van der Waals surface area contributed by atoms with Crippen LogP contribution in [0.5, 0.6) is 17.4 Å². The van der Waals surface area contributed by atoms with Crippen molar-refractivity contribution in [3.63, 3.8) is 0 Å². The van der Waals surface area contributed by atoms with Gasteiger partial charge in [0.2, 0.25) is 18.6 Å². The predicted octanol–water partition coefficient (Wildman–Crippen LogP) is 1.88. The Labute approximate surface area is 164 Å². The summed E-state index contributed by atoms with van der Waals surface area (Å²) in [5.74, 6) is 2.77. The van der Waals surface area contributed by atoms with Crippen molar-refractivity contribution in [3.8, 4) is 17.4 Å². The van der Waals surface area contributed by atoms with Crippen molar-refractivity contribution in [1.82, 2.24) is 15.1 Å². The summed E-state index contributed by atoms with van der Waals surface area (Å²) in [5, 5.41) is 8.25. The number of amides is 1. The summed E-state index contributed by atoms with van der Waals surface area (Å²) in [5.41, 5.74) is 0.919. The minimum Gasteiger partial charge on any atom is -0.471 e. The van der Waals surface area contributed by atoms with E-state index in [0.29, 0.717) is 24.6 Å². The topological polar surface area (TPSA) is 77.0 Å². The molecule has 2 aliphatic rings. The molecule has 3 heterocycles. The number of benzene rings is 1. The number of carbonyl (C=O) groups excluding carboxylic acids is 1. The van der Waals surface area contributed by atoms with Crippen molar-refractivity contribution < 1.29 is 19.0 Å². The van der Waals surface area contributed by atoms with Gasteiger partial charge in [-0.15, -0.1) is 10.2 Å². The molecule has 0 aliphatic carbocycles. The fourth-order valence-corrected chi connectivity index (χ4v) is 3.38. The van der Waals surface area contributed by atoms with E-state index in [9.17, 15) is 4.79 Å². The third-order valence-corrected chi connectivity index (χ3v) is 4.89. The van der Waals surface area contributed by atoms with Crippen molar-refractivity contribution in [2.75, 3.05) is 38.9 Å². The van der Waals surface area contributed by atoms with E-state index in [1.165, 1.54) is 0 Å². The van der Waals surface area contributed by atoms with Gasteiger partial charge in [0.15, 0.2) is 17.3 Å². The number of hydrogen-bond donors (Lipinski definition) is 0. The molecule has 8 heteroatoms. The van der Waals surface area contributed by atoms with Crippen molar-refractivity contribution in [2.24, 2.45) is 0 Å². The van der Waals surface area contributed by atoms with Crippen LogP contribution in [0.3, 0.4) is 0 Å². The van der Waals surface area contributed by atoms with E-state index in [1.807, 2.05) is 54.2 Å². The lowest BCUT2D eigenvalue weighted by molar-refractivity contribution is -0.133. The Morgan fingerprint density at radius 2 is 2.07 bits per heavy atom. The maximum Gasteiger partial charge on any atom is 0.233 e. The monoisotopic (exact) mass is 384 g/mol. The molecule has 0 bridgehead atoms. The highest BCUT2D eigenvalue weighted by Crippen LogP contribution is 2.32. The third kappa shape index (κ3) is 4.11. The van der Waals surface area contributed by atoms with Crippen LogP contribution in [0, 0.1) is 0 Å². The van der Waals surface area contributed by atoms with Crippen molar-refractivity contribution >= 4 is 11.7 Å². The van der Waals surface area contributed by atoms with Crippen LogP contribution in [-0.4, -0.2) is 61.1 Å². The molecular formula is C20H24N4O4. The number of piperidine rings is 1. The van der Waals surface area contributed by atoms with Gasteiger partial charge in [-0.05, 0) is 36.6 Å². The summed E-state index contributed by atoms with van der Waals surface area (Å²) >= 11 is 0. The summed E-state index contributed by atoms with van der Waals surface area (Å²) in [6.07, 6.45) is 2.06. The van der Waals surface area contributed by atoms with Gasteiger partial charge in [-0.25, -0.2) is 0 Å². The second-order valence-electron chi connectivity index (χ2n) is 7.21. The van der Waals surface area contributed by atoms with Crippen LogP contribution < -0.4 is 19.1 Å². The first-order chi connectivity index (χ1) is 13.6. The number of rotatable bonds is 5. The summed E-state index contributed by atoms with van der Waals surface area (Å²) in [4.78, 5) is 16.5. The van der Waals surface area contributed by atoms with Crippen LogP contribution in [0.2, 0.25) is 0 Å². The van der Waals surface area contributed by atoms with Crippen molar-refractivity contribution in [1.29, 1.82) is 0 Å². The smallest absolute Gasteiger partial charge is 0.233 e. The highest BCUT2D eigenvalue weighted by atomic mass is 16.7. The van der Waals surface area contributed by atoms with Gasteiger partial charge in [-0.2, -0.15) is 0 Å². The molecule has 28 heavy (non-hydrogen) atoms. The molecule has 2 aliphatic heterocycles. The van der Waals surface area contributed by atoms with Crippen LogP contribution in [0.1, 0.15) is 18.4 Å². The molecule has 0 radical (unpaired) electrons. The normalized spacial score (nSPS) is 18.1. The maximum atomic E-state index is 12.8. The molecular weight excluding hydrogens is 360 g/mol. The standard InChI is InChI=1S/C20H24N4O4/c1-23(2)18-7-8-19(22-21-18)28-15-4-3-9-24(12-15)20(25)11-14-5-6-16-17(10-14)27-13-26-16/h5-8,10,15H,3-4,9,11-13H2,1-2H3. The van der Waals surface area contributed by atoms with Crippen LogP contribution in [0.25, 0.3) is 0 Å². The quantitative estimate of drug-likeness (QED) is 0.779. The summed E-state index contributed by atoms with van der Waals surface area (Å²) in [7, 11) is 3.82. The van der Waals surface area contributed by atoms with Crippen LogP contribution in [-0.2, 0) is 11.2 Å². The molecule has 1 unspecified atom stereocenters. The molecule has 1 atom stereocenters. The number of hydrogen-bond acceptors (Lipinski definition) is 7. The fourth-order valence-electron chi connectivity index (χ4n) is 3.38. The Balaban J connectivity index is 1.34. The number of ether oxygens (including phenoxy) is 3. The number of likely N-dealkylation sites (tertiary alicyclic amines) is 1. The molecule has 0 saturated carbocycles. The van der Waals surface area contributed by atoms with E-state index < -0.39 is 0 Å². The lowest BCUT2D eigenvalue weighted by Gasteiger charge is -2.32. The van der Waals surface area contributed by atoms with E-state index in [0.717, 1.165) is 36.5 Å². The zero-order chi connectivity index (χ0) is 19.5. The average molecular weight is 384 g/mol. The van der Waals surface area contributed by atoms with E-state index >= 15 is 0 Å². The lowest BCUT2D eigenvalue weighted by atomic mass is 10.1. The maximum absolute atomic E-state index is 12.8.